The molecule has 1 fully saturated rings. The van der Waals surface area contributed by atoms with Crippen LogP contribution < -0.4 is 5.73 Å². The van der Waals surface area contributed by atoms with Crippen LogP contribution in [0.25, 0.3) is 0 Å². The van der Waals surface area contributed by atoms with Gasteiger partial charge >= 0.3 is 0 Å². The number of nitrogens with two attached hydrogens (primary N) is 1. The maximum Gasteiger partial charge on any atom is 0.252 e. The number of halogens is 1. The van der Waals surface area contributed by atoms with Gasteiger partial charge in [0.05, 0.1) is 0 Å². The highest BCUT2D eigenvalue weighted by molar-refractivity contribution is 6.31. The summed E-state index contributed by atoms with van der Waals surface area (Å²) < 4.78 is 5.27. The van der Waals surface area contributed by atoms with Crippen LogP contribution in [0.1, 0.15) is 18.6 Å². The van der Waals surface area contributed by atoms with Crippen LogP contribution in [0.4, 0.5) is 0 Å². The molecule has 0 radical (unpaired) electrons. The summed E-state index contributed by atoms with van der Waals surface area (Å²) in [5, 5.41) is 0.600. The fraction of sp³-hybridized carbons (Fsp3) is 0.300. The second kappa shape index (κ2) is 2.97. The van der Waals surface area contributed by atoms with Crippen LogP contribution in [0.5, 0.6) is 0 Å². The van der Waals surface area contributed by atoms with Crippen LogP contribution in [0.2, 0.25) is 5.02 Å². The van der Waals surface area contributed by atoms with Gasteiger partial charge in [0.1, 0.15) is 6.10 Å². The highest BCUT2D eigenvalue weighted by atomic mass is 35.5. The van der Waals surface area contributed by atoms with E-state index in [1.54, 1.807) is 13.0 Å². The van der Waals surface area contributed by atoms with E-state index in [0.717, 1.165) is 5.56 Å². The first-order valence-electron chi connectivity index (χ1n) is 4.28. The number of hydrogen-bond acceptors (Lipinski definition) is 2. The van der Waals surface area contributed by atoms with Gasteiger partial charge < -0.3 is 10.5 Å². The Morgan fingerprint density at radius 2 is 2.21 bits per heavy atom. The van der Waals surface area contributed by atoms with E-state index in [2.05, 4.69) is 0 Å². The van der Waals surface area contributed by atoms with Gasteiger partial charge in [-0.15, -0.1) is 0 Å². The summed E-state index contributed by atoms with van der Waals surface area (Å²) in [6, 6.07) is 7.28. The summed E-state index contributed by atoms with van der Waals surface area (Å²) >= 11 is 5.96. The molecular weight excluding hydrogens is 202 g/mol. The van der Waals surface area contributed by atoms with Crippen molar-refractivity contribution < 1.29 is 9.53 Å². The molecule has 3 nitrogen and oxygen atoms in total. The minimum absolute atomic E-state index is 0.298. The number of hydrogen-bond donors (Lipinski definition) is 1. The number of carbonyl (C=O) groups is 1. The Morgan fingerprint density at radius 3 is 2.71 bits per heavy atom. The van der Waals surface area contributed by atoms with E-state index in [4.69, 9.17) is 22.1 Å². The van der Waals surface area contributed by atoms with Crippen molar-refractivity contribution in [3.05, 3.63) is 34.9 Å². The summed E-state index contributed by atoms with van der Waals surface area (Å²) in [6.45, 7) is 1.67. The predicted octanol–water partition coefficient (Wildman–Crippen LogP) is 1.66. The zero-order valence-electron chi connectivity index (χ0n) is 7.66. The summed E-state index contributed by atoms with van der Waals surface area (Å²) in [7, 11) is 0. The summed E-state index contributed by atoms with van der Waals surface area (Å²) in [6.07, 6.45) is -0.298. The molecule has 0 saturated carbocycles. The molecule has 1 saturated heterocycles. The molecule has 1 aliphatic heterocycles. The predicted molar refractivity (Wildman–Crippen MR) is 52.9 cm³/mol. The molecule has 1 aliphatic rings. The van der Waals surface area contributed by atoms with Crippen molar-refractivity contribution in [2.24, 2.45) is 5.73 Å². The Balaban J connectivity index is 2.29. The number of epoxide rings is 1. The van der Waals surface area contributed by atoms with Gasteiger partial charge in [-0.2, -0.15) is 0 Å². The van der Waals surface area contributed by atoms with Crippen molar-refractivity contribution in [2.75, 3.05) is 0 Å². The number of carbonyl (C=O) groups excluding carboxylic acids is 1. The molecule has 14 heavy (non-hydrogen) atoms. The average molecular weight is 212 g/mol. The van der Waals surface area contributed by atoms with E-state index in [-0.39, 0.29) is 6.10 Å². The zero-order valence-corrected chi connectivity index (χ0v) is 8.41. The first-order chi connectivity index (χ1) is 6.55. The van der Waals surface area contributed by atoms with Crippen molar-refractivity contribution in [2.45, 2.75) is 18.6 Å². The fourth-order valence-electron chi connectivity index (χ4n) is 1.45. The average Bonchev–Trinajstić information content (AvgIpc) is 2.80. The maximum absolute atomic E-state index is 11.0. The quantitative estimate of drug-likeness (QED) is 0.757. The lowest BCUT2D eigenvalue weighted by atomic mass is 10.0. The minimum Gasteiger partial charge on any atom is -0.367 e. The molecule has 0 unspecified atom stereocenters. The zero-order chi connectivity index (χ0) is 10.3. The first-order valence-corrected chi connectivity index (χ1v) is 4.65. The van der Waals surface area contributed by atoms with Crippen molar-refractivity contribution >= 4 is 17.5 Å². The highest BCUT2D eigenvalue weighted by Gasteiger charge is 2.58. The Labute approximate surface area is 86.8 Å². The number of amides is 1. The van der Waals surface area contributed by atoms with Gasteiger partial charge in [0.2, 0.25) is 0 Å². The molecule has 0 aromatic heterocycles. The van der Waals surface area contributed by atoms with E-state index in [1.165, 1.54) is 0 Å². The highest BCUT2D eigenvalue weighted by Crippen LogP contribution is 2.50. The second-order valence-corrected chi connectivity index (χ2v) is 3.90. The largest absolute Gasteiger partial charge is 0.367 e. The van der Waals surface area contributed by atoms with Gasteiger partial charge in [-0.05, 0) is 13.0 Å². The standard InChI is InChI=1S/C10H10ClNO2/c1-10(9(12)13)8(14-10)6-4-2-3-5-7(6)11/h2-5,8H,1H3,(H2,12,13)/t8-,10+/m0/s1. The van der Waals surface area contributed by atoms with Gasteiger partial charge in [0, 0.05) is 10.6 Å². The Hall–Kier alpha value is -1.06. The van der Waals surface area contributed by atoms with E-state index < -0.39 is 11.5 Å². The second-order valence-electron chi connectivity index (χ2n) is 3.49. The van der Waals surface area contributed by atoms with Crippen LogP contribution in [0, 0.1) is 0 Å². The molecule has 2 N–H and O–H groups in total. The SMILES string of the molecule is C[C@@]1(C(N)=O)O[C@H]1c1ccccc1Cl. The van der Waals surface area contributed by atoms with E-state index in [0.29, 0.717) is 5.02 Å². The van der Waals surface area contributed by atoms with Gasteiger partial charge in [0.15, 0.2) is 5.60 Å². The van der Waals surface area contributed by atoms with Crippen molar-refractivity contribution in [1.29, 1.82) is 0 Å². The lowest BCUT2D eigenvalue weighted by Crippen LogP contribution is -2.29. The van der Waals surface area contributed by atoms with Gasteiger partial charge in [0.25, 0.3) is 5.91 Å². The number of rotatable bonds is 2. The number of primary amides is 1. The molecule has 0 bridgehead atoms. The topological polar surface area (TPSA) is 55.6 Å². The van der Waals surface area contributed by atoms with E-state index >= 15 is 0 Å². The smallest absolute Gasteiger partial charge is 0.252 e. The van der Waals surface area contributed by atoms with Gasteiger partial charge in [-0.3, -0.25) is 4.79 Å². The summed E-state index contributed by atoms with van der Waals surface area (Å²) in [4.78, 5) is 11.0. The Morgan fingerprint density at radius 1 is 1.57 bits per heavy atom. The molecule has 1 aromatic carbocycles. The summed E-state index contributed by atoms with van der Waals surface area (Å²) in [5.74, 6) is -0.456. The molecule has 2 rings (SSSR count). The Kier molecular flexibility index (Phi) is 2.01. The number of benzene rings is 1. The van der Waals surface area contributed by atoms with E-state index in [1.807, 2.05) is 18.2 Å². The number of ether oxygens (including phenoxy) is 1. The van der Waals surface area contributed by atoms with Crippen LogP contribution in [-0.2, 0) is 9.53 Å². The molecule has 74 valence electrons. The van der Waals surface area contributed by atoms with Gasteiger partial charge in [-0.1, -0.05) is 29.8 Å². The van der Waals surface area contributed by atoms with Crippen LogP contribution >= 0.6 is 11.6 Å². The van der Waals surface area contributed by atoms with Crippen molar-refractivity contribution in [1.82, 2.24) is 0 Å². The van der Waals surface area contributed by atoms with Gasteiger partial charge in [-0.25, -0.2) is 0 Å². The molecule has 1 heterocycles. The monoisotopic (exact) mass is 211 g/mol. The van der Waals surface area contributed by atoms with E-state index in [9.17, 15) is 4.79 Å². The fourth-order valence-corrected chi connectivity index (χ4v) is 1.68. The Bertz CT molecular complexity index is 393. The third-order valence-corrected chi connectivity index (χ3v) is 2.83. The lowest BCUT2D eigenvalue weighted by Gasteiger charge is -2.02. The third-order valence-electron chi connectivity index (χ3n) is 2.48. The molecule has 0 aliphatic carbocycles. The summed E-state index contributed by atoms with van der Waals surface area (Å²) in [5.41, 5.74) is 5.13. The molecule has 0 spiro atoms. The molecular formula is C10H10ClNO2. The van der Waals surface area contributed by atoms with Crippen LogP contribution in [0.15, 0.2) is 24.3 Å². The molecule has 2 atom stereocenters. The van der Waals surface area contributed by atoms with Crippen molar-refractivity contribution in [3.8, 4) is 0 Å². The first kappa shape index (κ1) is 9.49. The third kappa shape index (κ3) is 1.29. The maximum atomic E-state index is 11.0. The molecule has 1 amide bonds. The van der Waals surface area contributed by atoms with Crippen LogP contribution in [-0.4, -0.2) is 11.5 Å². The normalized spacial score (nSPS) is 30.0. The van der Waals surface area contributed by atoms with Crippen LogP contribution in [0.3, 0.4) is 0 Å². The molecule has 4 heteroatoms. The minimum atomic E-state index is -0.884. The van der Waals surface area contributed by atoms with Crippen molar-refractivity contribution in [3.63, 3.8) is 0 Å². The molecule has 1 aromatic rings. The lowest BCUT2D eigenvalue weighted by molar-refractivity contribution is -0.122.